The first kappa shape index (κ1) is 11.7. The molecular weight excluding hydrogens is 244 g/mol. The lowest BCUT2D eigenvalue weighted by molar-refractivity contribution is 0.555. The molecule has 0 bridgehead atoms. The van der Waals surface area contributed by atoms with Gasteiger partial charge in [0.1, 0.15) is 0 Å². The zero-order chi connectivity index (χ0) is 13.4. The van der Waals surface area contributed by atoms with Gasteiger partial charge in [-0.3, -0.25) is 9.67 Å². The quantitative estimate of drug-likeness (QED) is 0.741. The molecular formula is C13H14N4O2. The van der Waals surface area contributed by atoms with Gasteiger partial charge in [0.25, 0.3) is 0 Å². The molecule has 0 fully saturated rings. The Morgan fingerprint density at radius 2 is 2.26 bits per heavy atom. The Bertz CT molecular complexity index is 781. The van der Waals surface area contributed by atoms with E-state index in [1.165, 1.54) is 0 Å². The lowest BCUT2D eigenvalue weighted by Gasteiger charge is -2.00. The van der Waals surface area contributed by atoms with Crippen molar-refractivity contribution in [2.45, 2.75) is 6.54 Å². The monoisotopic (exact) mass is 258 g/mol. The second kappa shape index (κ2) is 4.40. The summed E-state index contributed by atoms with van der Waals surface area (Å²) in [6.45, 7) is 0.721. The molecule has 0 aliphatic heterocycles. The number of aromatic amines is 1. The molecule has 98 valence electrons. The van der Waals surface area contributed by atoms with Crippen LogP contribution in [0.3, 0.4) is 0 Å². The molecule has 2 aromatic heterocycles. The van der Waals surface area contributed by atoms with Crippen molar-refractivity contribution in [3.63, 3.8) is 0 Å². The smallest absolute Gasteiger partial charge is 0.408 e. The number of aryl methyl sites for hydroxylation is 1. The molecule has 0 saturated heterocycles. The Hall–Kier alpha value is -2.34. The highest BCUT2D eigenvalue weighted by molar-refractivity contribution is 5.79. The van der Waals surface area contributed by atoms with Gasteiger partial charge in [-0.1, -0.05) is 0 Å². The van der Waals surface area contributed by atoms with E-state index in [0.29, 0.717) is 11.1 Å². The van der Waals surface area contributed by atoms with Gasteiger partial charge in [-0.15, -0.1) is 0 Å². The SMILES string of the molecule is CNCc1cc(-c2ccc3oc(=O)[nH]c3c2)n(C)n1. The zero-order valence-electron chi connectivity index (χ0n) is 10.7. The highest BCUT2D eigenvalue weighted by Gasteiger charge is 2.09. The second-order valence-electron chi connectivity index (χ2n) is 4.40. The lowest BCUT2D eigenvalue weighted by Crippen LogP contribution is -2.05. The highest BCUT2D eigenvalue weighted by Crippen LogP contribution is 2.23. The number of H-pyrrole nitrogens is 1. The van der Waals surface area contributed by atoms with Crippen molar-refractivity contribution in [2.75, 3.05) is 7.05 Å². The van der Waals surface area contributed by atoms with Gasteiger partial charge >= 0.3 is 5.76 Å². The third-order valence-corrected chi connectivity index (χ3v) is 3.00. The van der Waals surface area contributed by atoms with E-state index < -0.39 is 5.76 Å². The number of hydrogen-bond donors (Lipinski definition) is 2. The van der Waals surface area contributed by atoms with Crippen molar-refractivity contribution in [1.29, 1.82) is 0 Å². The van der Waals surface area contributed by atoms with E-state index in [-0.39, 0.29) is 0 Å². The zero-order valence-corrected chi connectivity index (χ0v) is 10.7. The number of hydrogen-bond acceptors (Lipinski definition) is 4. The fourth-order valence-corrected chi connectivity index (χ4v) is 2.18. The molecule has 2 heterocycles. The van der Waals surface area contributed by atoms with Crippen LogP contribution in [0.1, 0.15) is 5.69 Å². The van der Waals surface area contributed by atoms with Gasteiger partial charge in [0.15, 0.2) is 5.58 Å². The summed E-state index contributed by atoms with van der Waals surface area (Å²) in [6, 6.07) is 7.61. The minimum Gasteiger partial charge on any atom is -0.408 e. The van der Waals surface area contributed by atoms with Crippen LogP contribution in [-0.2, 0) is 13.6 Å². The number of fused-ring (bicyclic) bond motifs is 1. The average Bonchev–Trinajstić information content (AvgIpc) is 2.90. The van der Waals surface area contributed by atoms with Crippen LogP contribution in [0, 0.1) is 0 Å². The van der Waals surface area contributed by atoms with E-state index in [0.717, 1.165) is 23.5 Å². The molecule has 0 unspecified atom stereocenters. The Balaban J connectivity index is 2.10. The third kappa shape index (κ3) is 2.06. The maximum absolute atomic E-state index is 11.1. The maximum atomic E-state index is 11.1. The molecule has 2 N–H and O–H groups in total. The first-order chi connectivity index (χ1) is 9.17. The molecule has 6 nitrogen and oxygen atoms in total. The van der Waals surface area contributed by atoms with Crippen molar-refractivity contribution in [1.82, 2.24) is 20.1 Å². The average molecular weight is 258 g/mol. The Morgan fingerprint density at radius 1 is 1.42 bits per heavy atom. The molecule has 19 heavy (non-hydrogen) atoms. The van der Waals surface area contributed by atoms with E-state index in [2.05, 4.69) is 15.4 Å². The Labute approximate surface area is 109 Å². The highest BCUT2D eigenvalue weighted by atomic mass is 16.4. The number of oxazole rings is 1. The van der Waals surface area contributed by atoms with Crippen molar-refractivity contribution >= 4 is 11.1 Å². The molecule has 6 heteroatoms. The standard InChI is InChI=1S/C13H14N4O2/c1-14-7-9-6-11(17(2)16-9)8-3-4-12-10(5-8)15-13(18)19-12/h3-6,14H,7H2,1-2H3,(H,15,18). The van der Waals surface area contributed by atoms with E-state index in [1.807, 2.05) is 37.0 Å². The molecule has 0 saturated carbocycles. The van der Waals surface area contributed by atoms with Crippen LogP contribution < -0.4 is 11.1 Å². The molecule has 3 aromatic rings. The summed E-state index contributed by atoms with van der Waals surface area (Å²) in [5.41, 5.74) is 4.21. The van der Waals surface area contributed by atoms with E-state index in [9.17, 15) is 4.79 Å². The molecule has 0 amide bonds. The summed E-state index contributed by atoms with van der Waals surface area (Å²) < 4.78 is 6.81. The number of benzene rings is 1. The fourth-order valence-electron chi connectivity index (χ4n) is 2.18. The predicted octanol–water partition coefficient (Wildman–Crippen LogP) is 1.24. The molecule has 1 aromatic carbocycles. The van der Waals surface area contributed by atoms with Crippen LogP contribution in [0.5, 0.6) is 0 Å². The van der Waals surface area contributed by atoms with Crippen LogP contribution >= 0.6 is 0 Å². The van der Waals surface area contributed by atoms with E-state index >= 15 is 0 Å². The van der Waals surface area contributed by atoms with Crippen molar-refractivity contribution < 1.29 is 4.42 Å². The van der Waals surface area contributed by atoms with Crippen molar-refractivity contribution in [3.05, 3.63) is 40.5 Å². The Kier molecular flexibility index (Phi) is 2.72. The predicted molar refractivity (Wildman–Crippen MR) is 71.8 cm³/mol. The third-order valence-electron chi connectivity index (χ3n) is 3.00. The van der Waals surface area contributed by atoms with Crippen LogP contribution in [0.15, 0.2) is 33.5 Å². The molecule has 0 spiro atoms. The number of aromatic nitrogens is 3. The van der Waals surface area contributed by atoms with Crippen LogP contribution in [0.4, 0.5) is 0 Å². The topological polar surface area (TPSA) is 75.8 Å². The minimum absolute atomic E-state index is 0.437. The van der Waals surface area contributed by atoms with E-state index in [1.54, 1.807) is 6.07 Å². The lowest BCUT2D eigenvalue weighted by atomic mass is 10.1. The fraction of sp³-hybridized carbons (Fsp3) is 0.231. The first-order valence-electron chi connectivity index (χ1n) is 5.98. The number of nitrogens with one attached hydrogen (secondary N) is 2. The molecule has 0 atom stereocenters. The van der Waals surface area contributed by atoms with Crippen molar-refractivity contribution in [2.24, 2.45) is 7.05 Å². The van der Waals surface area contributed by atoms with Gasteiger partial charge in [0.05, 0.1) is 16.9 Å². The minimum atomic E-state index is -0.437. The normalized spacial score (nSPS) is 11.3. The van der Waals surface area contributed by atoms with Gasteiger partial charge in [0, 0.05) is 19.2 Å². The first-order valence-corrected chi connectivity index (χ1v) is 5.98. The Morgan fingerprint density at radius 3 is 3.05 bits per heavy atom. The maximum Gasteiger partial charge on any atom is 0.417 e. The van der Waals surface area contributed by atoms with Gasteiger partial charge in [0.2, 0.25) is 0 Å². The summed E-state index contributed by atoms with van der Waals surface area (Å²) in [7, 11) is 3.79. The molecule has 0 aliphatic rings. The summed E-state index contributed by atoms with van der Waals surface area (Å²) >= 11 is 0. The summed E-state index contributed by atoms with van der Waals surface area (Å²) in [4.78, 5) is 13.8. The van der Waals surface area contributed by atoms with Crippen LogP contribution in [0.2, 0.25) is 0 Å². The number of nitrogens with zero attached hydrogens (tertiary/aromatic N) is 2. The van der Waals surface area contributed by atoms with Gasteiger partial charge in [-0.2, -0.15) is 5.10 Å². The number of rotatable bonds is 3. The summed E-state index contributed by atoms with van der Waals surface area (Å²) in [6.07, 6.45) is 0. The largest absolute Gasteiger partial charge is 0.417 e. The molecule has 3 rings (SSSR count). The van der Waals surface area contributed by atoms with Crippen molar-refractivity contribution in [3.8, 4) is 11.3 Å². The van der Waals surface area contributed by atoms with Gasteiger partial charge in [-0.25, -0.2) is 4.79 Å². The molecule has 0 radical (unpaired) electrons. The molecule has 0 aliphatic carbocycles. The van der Waals surface area contributed by atoms with Crippen LogP contribution in [-0.4, -0.2) is 21.8 Å². The van der Waals surface area contributed by atoms with Gasteiger partial charge in [-0.05, 0) is 31.3 Å². The van der Waals surface area contributed by atoms with Crippen LogP contribution in [0.25, 0.3) is 22.4 Å². The second-order valence-corrected chi connectivity index (χ2v) is 4.40. The van der Waals surface area contributed by atoms with E-state index in [4.69, 9.17) is 4.42 Å². The summed E-state index contributed by atoms with van der Waals surface area (Å²) in [5, 5.41) is 7.49. The summed E-state index contributed by atoms with van der Waals surface area (Å²) in [5.74, 6) is -0.437. The van der Waals surface area contributed by atoms with Gasteiger partial charge < -0.3 is 9.73 Å².